The van der Waals surface area contributed by atoms with Crippen molar-refractivity contribution < 1.29 is 9.47 Å². The van der Waals surface area contributed by atoms with Gasteiger partial charge in [0.25, 0.3) is 0 Å². The minimum absolute atomic E-state index is 0.158. The third-order valence-corrected chi connectivity index (χ3v) is 2.15. The minimum atomic E-state index is 0.158. The van der Waals surface area contributed by atoms with E-state index < -0.39 is 0 Å². The van der Waals surface area contributed by atoms with Gasteiger partial charge in [-0.2, -0.15) is 0 Å². The molecule has 0 bridgehead atoms. The SMILES string of the molecule is CC1C=CC2=C(C=C1)OC(C)CO2. The van der Waals surface area contributed by atoms with Crippen molar-refractivity contribution in [2.24, 2.45) is 5.92 Å². The Morgan fingerprint density at radius 3 is 2.62 bits per heavy atom. The van der Waals surface area contributed by atoms with Crippen molar-refractivity contribution in [3.63, 3.8) is 0 Å². The van der Waals surface area contributed by atoms with E-state index in [1.807, 2.05) is 19.1 Å². The topological polar surface area (TPSA) is 18.5 Å². The molecule has 0 saturated heterocycles. The minimum Gasteiger partial charge on any atom is -0.486 e. The van der Waals surface area contributed by atoms with Gasteiger partial charge in [0, 0.05) is 0 Å². The average molecular weight is 178 g/mol. The first-order valence-electron chi connectivity index (χ1n) is 4.66. The molecule has 1 heterocycles. The molecule has 0 fully saturated rings. The first kappa shape index (κ1) is 8.42. The van der Waals surface area contributed by atoms with E-state index in [0.29, 0.717) is 12.5 Å². The molecule has 0 N–H and O–H groups in total. The summed E-state index contributed by atoms with van der Waals surface area (Å²) in [6.07, 6.45) is 8.37. The summed E-state index contributed by atoms with van der Waals surface area (Å²) in [4.78, 5) is 0. The zero-order valence-electron chi connectivity index (χ0n) is 7.99. The Morgan fingerprint density at radius 2 is 1.85 bits per heavy atom. The van der Waals surface area contributed by atoms with Crippen LogP contribution in [-0.2, 0) is 9.47 Å². The summed E-state index contributed by atoms with van der Waals surface area (Å²) in [5, 5.41) is 0. The van der Waals surface area contributed by atoms with E-state index in [9.17, 15) is 0 Å². The van der Waals surface area contributed by atoms with Crippen LogP contribution in [-0.4, -0.2) is 12.7 Å². The molecular weight excluding hydrogens is 164 g/mol. The van der Waals surface area contributed by atoms with Crippen molar-refractivity contribution in [2.75, 3.05) is 6.61 Å². The quantitative estimate of drug-likeness (QED) is 0.567. The normalized spacial score (nSPS) is 31.8. The molecule has 1 aliphatic carbocycles. The molecule has 2 rings (SSSR count). The van der Waals surface area contributed by atoms with Crippen molar-refractivity contribution in [1.29, 1.82) is 0 Å². The standard InChI is InChI=1S/C11H14O2/c1-8-3-5-10-11(6-4-8)13-9(2)7-12-10/h3-6,8-9H,7H2,1-2H3. The summed E-state index contributed by atoms with van der Waals surface area (Å²) in [5.41, 5.74) is 0. The molecule has 2 nitrogen and oxygen atoms in total. The van der Waals surface area contributed by atoms with Crippen molar-refractivity contribution in [2.45, 2.75) is 20.0 Å². The lowest BCUT2D eigenvalue weighted by Crippen LogP contribution is -2.21. The molecule has 70 valence electrons. The fraction of sp³-hybridized carbons (Fsp3) is 0.455. The van der Waals surface area contributed by atoms with E-state index in [2.05, 4.69) is 19.1 Å². The molecule has 1 aliphatic heterocycles. The van der Waals surface area contributed by atoms with Gasteiger partial charge >= 0.3 is 0 Å². The third kappa shape index (κ3) is 1.77. The van der Waals surface area contributed by atoms with Crippen LogP contribution >= 0.6 is 0 Å². The second-order valence-electron chi connectivity index (χ2n) is 3.55. The maximum Gasteiger partial charge on any atom is 0.161 e. The molecule has 0 aromatic carbocycles. The van der Waals surface area contributed by atoms with Crippen LogP contribution in [0.25, 0.3) is 0 Å². The van der Waals surface area contributed by atoms with E-state index in [-0.39, 0.29) is 6.10 Å². The van der Waals surface area contributed by atoms with E-state index >= 15 is 0 Å². The monoisotopic (exact) mass is 178 g/mol. The molecular formula is C11H14O2. The lowest BCUT2D eigenvalue weighted by Gasteiger charge is -2.23. The lowest BCUT2D eigenvalue weighted by molar-refractivity contribution is 0.0189. The van der Waals surface area contributed by atoms with Crippen LogP contribution in [0.4, 0.5) is 0 Å². The van der Waals surface area contributed by atoms with Crippen LogP contribution in [0.5, 0.6) is 0 Å². The van der Waals surface area contributed by atoms with Crippen molar-refractivity contribution >= 4 is 0 Å². The Bertz CT molecular complexity index is 286. The van der Waals surface area contributed by atoms with Crippen LogP contribution in [0.2, 0.25) is 0 Å². The summed E-state index contributed by atoms with van der Waals surface area (Å²) < 4.78 is 11.2. The molecule has 2 atom stereocenters. The highest BCUT2D eigenvalue weighted by Crippen LogP contribution is 2.23. The fourth-order valence-electron chi connectivity index (χ4n) is 1.38. The third-order valence-electron chi connectivity index (χ3n) is 2.15. The molecule has 0 aromatic rings. The predicted octanol–water partition coefficient (Wildman–Crippen LogP) is 2.40. The molecule has 0 aromatic heterocycles. The van der Waals surface area contributed by atoms with Gasteiger partial charge in [0.2, 0.25) is 0 Å². The first-order chi connectivity index (χ1) is 6.25. The summed E-state index contributed by atoms with van der Waals surface area (Å²) >= 11 is 0. The average Bonchev–Trinajstić information content (AvgIpc) is 2.29. The van der Waals surface area contributed by atoms with Crippen molar-refractivity contribution in [3.05, 3.63) is 35.8 Å². The molecule has 2 unspecified atom stereocenters. The predicted molar refractivity (Wildman–Crippen MR) is 51.0 cm³/mol. The van der Waals surface area contributed by atoms with Crippen LogP contribution in [0.1, 0.15) is 13.8 Å². The summed E-state index contributed by atoms with van der Waals surface area (Å²) in [5.74, 6) is 2.17. The van der Waals surface area contributed by atoms with Crippen LogP contribution in [0, 0.1) is 5.92 Å². The molecule has 13 heavy (non-hydrogen) atoms. The Balaban J connectivity index is 2.26. The Labute approximate surface area is 78.5 Å². The van der Waals surface area contributed by atoms with Gasteiger partial charge in [0.1, 0.15) is 12.7 Å². The van der Waals surface area contributed by atoms with Gasteiger partial charge in [0.05, 0.1) is 0 Å². The zero-order valence-corrected chi connectivity index (χ0v) is 7.99. The van der Waals surface area contributed by atoms with Crippen molar-refractivity contribution in [1.82, 2.24) is 0 Å². The summed E-state index contributed by atoms with van der Waals surface area (Å²) in [6, 6.07) is 0. The molecule has 0 amide bonds. The van der Waals surface area contributed by atoms with E-state index in [4.69, 9.17) is 9.47 Å². The van der Waals surface area contributed by atoms with E-state index in [1.54, 1.807) is 0 Å². The molecule has 2 aliphatic rings. The van der Waals surface area contributed by atoms with Gasteiger partial charge in [-0.15, -0.1) is 0 Å². The second-order valence-corrected chi connectivity index (χ2v) is 3.55. The number of ether oxygens (including phenoxy) is 2. The zero-order chi connectivity index (χ0) is 9.26. The number of hydrogen-bond acceptors (Lipinski definition) is 2. The number of hydrogen-bond donors (Lipinski definition) is 0. The van der Waals surface area contributed by atoms with Crippen LogP contribution < -0.4 is 0 Å². The van der Waals surface area contributed by atoms with Gasteiger partial charge in [-0.3, -0.25) is 0 Å². The van der Waals surface area contributed by atoms with E-state index in [1.165, 1.54) is 0 Å². The fourth-order valence-corrected chi connectivity index (χ4v) is 1.38. The largest absolute Gasteiger partial charge is 0.486 e. The first-order valence-corrected chi connectivity index (χ1v) is 4.66. The summed E-state index contributed by atoms with van der Waals surface area (Å²) in [7, 11) is 0. The highest BCUT2D eigenvalue weighted by atomic mass is 16.6. The molecule has 0 spiro atoms. The smallest absolute Gasteiger partial charge is 0.161 e. The highest BCUT2D eigenvalue weighted by Gasteiger charge is 2.18. The molecule has 2 heteroatoms. The highest BCUT2D eigenvalue weighted by molar-refractivity contribution is 5.30. The maximum atomic E-state index is 5.64. The Kier molecular flexibility index (Phi) is 2.13. The van der Waals surface area contributed by atoms with Crippen LogP contribution in [0.15, 0.2) is 35.8 Å². The Hall–Kier alpha value is -1.18. The van der Waals surface area contributed by atoms with Crippen LogP contribution in [0.3, 0.4) is 0 Å². The lowest BCUT2D eigenvalue weighted by atomic mass is 10.2. The van der Waals surface area contributed by atoms with Gasteiger partial charge in [-0.05, 0) is 25.0 Å². The van der Waals surface area contributed by atoms with Gasteiger partial charge in [-0.1, -0.05) is 19.1 Å². The van der Waals surface area contributed by atoms with Gasteiger partial charge < -0.3 is 9.47 Å². The van der Waals surface area contributed by atoms with Crippen molar-refractivity contribution in [3.8, 4) is 0 Å². The molecule has 0 saturated carbocycles. The number of allylic oxidation sites excluding steroid dienone is 4. The Morgan fingerprint density at radius 1 is 1.15 bits per heavy atom. The van der Waals surface area contributed by atoms with Gasteiger partial charge in [-0.25, -0.2) is 0 Å². The van der Waals surface area contributed by atoms with Gasteiger partial charge in [0.15, 0.2) is 11.5 Å². The van der Waals surface area contributed by atoms with E-state index in [0.717, 1.165) is 11.5 Å². The second kappa shape index (κ2) is 3.29. The summed E-state index contributed by atoms with van der Waals surface area (Å²) in [6.45, 7) is 4.79. The number of rotatable bonds is 0. The molecule has 0 radical (unpaired) electrons. The maximum absolute atomic E-state index is 5.64.